The smallest absolute Gasteiger partial charge is 0.301 e. The lowest BCUT2D eigenvalue weighted by Gasteiger charge is -2.17. The number of hydrogen-bond acceptors (Lipinski definition) is 7. The van der Waals surface area contributed by atoms with Gasteiger partial charge in [0, 0.05) is 39.8 Å². The van der Waals surface area contributed by atoms with E-state index in [4.69, 9.17) is 4.74 Å². The number of ether oxygens (including phenoxy) is 1. The molecule has 1 aliphatic rings. The average molecular weight is 577 g/mol. The van der Waals surface area contributed by atoms with E-state index >= 15 is 0 Å². The summed E-state index contributed by atoms with van der Waals surface area (Å²) in [5.74, 6) is 0.410. The lowest BCUT2D eigenvalue weighted by molar-refractivity contribution is -0.114. The fourth-order valence-electron chi connectivity index (χ4n) is 4.23. The molecule has 5 N–H and O–H groups in total. The lowest BCUT2D eigenvalue weighted by atomic mass is 10.1. The van der Waals surface area contributed by atoms with Gasteiger partial charge < -0.3 is 25.6 Å². The number of phenolic OH excluding ortho intramolecular Hbond substituents is 1. The molecule has 0 fully saturated rings. The van der Waals surface area contributed by atoms with Crippen LogP contribution in [-0.2, 0) is 21.4 Å². The highest BCUT2D eigenvalue weighted by atomic mass is 35.5. The van der Waals surface area contributed by atoms with Crippen LogP contribution in [0.2, 0.25) is 0 Å². The molecule has 0 aliphatic heterocycles. The van der Waals surface area contributed by atoms with Gasteiger partial charge in [-0.15, -0.1) is 12.4 Å². The predicted octanol–water partition coefficient (Wildman–Crippen LogP) is 3.26. The van der Waals surface area contributed by atoms with Gasteiger partial charge in [-0.2, -0.15) is 12.7 Å². The van der Waals surface area contributed by atoms with E-state index in [2.05, 4.69) is 15.4 Å². The molecule has 3 aromatic rings. The molecular weight excluding hydrogens is 544 g/mol. The highest BCUT2D eigenvalue weighted by molar-refractivity contribution is 7.90. The van der Waals surface area contributed by atoms with Crippen molar-refractivity contribution in [2.45, 2.75) is 19.4 Å². The van der Waals surface area contributed by atoms with Gasteiger partial charge in [0.15, 0.2) is 0 Å². The molecule has 0 bridgehead atoms. The van der Waals surface area contributed by atoms with E-state index in [1.807, 2.05) is 36.4 Å². The van der Waals surface area contributed by atoms with Gasteiger partial charge in [-0.1, -0.05) is 18.2 Å². The van der Waals surface area contributed by atoms with Gasteiger partial charge in [0.2, 0.25) is 5.91 Å². The van der Waals surface area contributed by atoms with Crippen molar-refractivity contribution in [3.8, 4) is 22.6 Å². The van der Waals surface area contributed by atoms with Crippen molar-refractivity contribution in [1.29, 1.82) is 0 Å². The number of nitrogens with one attached hydrogen (secondary N) is 3. The van der Waals surface area contributed by atoms with Crippen molar-refractivity contribution in [2.24, 2.45) is 0 Å². The number of halogens is 1. The number of fused-ring (bicyclic) bond motifs is 3. The number of rotatable bonds is 11. The molecule has 0 radical (unpaired) electrons. The number of amides is 1. The zero-order valence-corrected chi connectivity index (χ0v) is 23.5. The fourth-order valence-corrected chi connectivity index (χ4v) is 4.85. The fraction of sp³-hybridized carbons (Fsp3) is 0.296. The van der Waals surface area contributed by atoms with E-state index in [1.54, 1.807) is 0 Å². The van der Waals surface area contributed by atoms with Crippen LogP contribution >= 0.6 is 12.4 Å². The summed E-state index contributed by atoms with van der Waals surface area (Å²) in [6, 6.07) is 16.2. The van der Waals surface area contributed by atoms with Crippen LogP contribution in [-0.4, -0.2) is 62.6 Å². The Hall–Kier alpha value is -3.35. The van der Waals surface area contributed by atoms with E-state index in [-0.39, 0.29) is 36.3 Å². The molecular formula is C27H33ClN4O6S. The predicted molar refractivity (Wildman–Crippen MR) is 154 cm³/mol. The third-order valence-corrected chi connectivity index (χ3v) is 7.62. The second-order valence-corrected chi connectivity index (χ2v) is 11.2. The summed E-state index contributed by atoms with van der Waals surface area (Å²) >= 11 is 0. The molecule has 1 unspecified atom stereocenters. The number of aliphatic hydroxyl groups is 1. The second kappa shape index (κ2) is 12.7. The number of nitrogens with zero attached hydrogens (tertiary/aromatic N) is 1. The van der Waals surface area contributed by atoms with Gasteiger partial charge in [0.1, 0.15) is 18.1 Å². The molecule has 39 heavy (non-hydrogen) atoms. The van der Waals surface area contributed by atoms with Crippen molar-refractivity contribution in [1.82, 2.24) is 9.62 Å². The maximum atomic E-state index is 12.1. The van der Waals surface area contributed by atoms with Gasteiger partial charge in [-0.3, -0.25) is 9.52 Å². The number of benzene rings is 3. The summed E-state index contributed by atoms with van der Waals surface area (Å²) in [5.41, 5.74) is 5.86. The van der Waals surface area contributed by atoms with E-state index in [0.29, 0.717) is 18.7 Å². The second-order valence-electron chi connectivity index (χ2n) is 9.28. The monoisotopic (exact) mass is 576 g/mol. The van der Waals surface area contributed by atoms with Gasteiger partial charge in [-0.25, -0.2) is 0 Å². The van der Waals surface area contributed by atoms with Gasteiger partial charge >= 0.3 is 10.2 Å². The Morgan fingerprint density at radius 1 is 1.05 bits per heavy atom. The Labute approximate surface area is 234 Å². The van der Waals surface area contributed by atoms with Crippen molar-refractivity contribution in [2.75, 3.05) is 43.8 Å². The molecule has 0 aromatic heterocycles. The summed E-state index contributed by atoms with van der Waals surface area (Å²) in [5, 5.41) is 26.5. The number of carbonyl (C=O) groups is 1. The van der Waals surface area contributed by atoms with Crippen LogP contribution in [0.1, 0.15) is 29.7 Å². The summed E-state index contributed by atoms with van der Waals surface area (Å²) in [4.78, 5) is 11.3. The molecule has 12 heteroatoms. The van der Waals surface area contributed by atoms with Crippen LogP contribution in [0.5, 0.6) is 11.5 Å². The Balaban J connectivity index is 0.00000420. The highest BCUT2D eigenvalue weighted by Crippen LogP contribution is 2.39. The molecule has 1 atom stereocenters. The molecule has 4 rings (SSSR count). The van der Waals surface area contributed by atoms with Crippen LogP contribution in [0, 0.1) is 0 Å². The maximum absolute atomic E-state index is 12.1. The number of phenols is 1. The summed E-state index contributed by atoms with van der Waals surface area (Å²) in [7, 11) is -1.05. The first-order valence-corrected chi connectivity index (χ1v) is 13.6. The average Bonchev–Trinajstić information content (AvgIpc) is 3.21. The largest absolute Gasteiger partial charge is 0.506 e. The molecule has 10 nitrogen and oxygen atoms in total. The van der Waals surface area contributed by atoms with Gasteiger partial charge in [0.05, 0.1) is 11.8 Å². The summed E-state index contributed by atoms with van der Waals surface area (Å²) in [6.07, 6.45) is -0.155. The molecule has 210 valence electrons. The number of aliphatic hydroxyl groups excluding tert-OH is 1. The third kappa shape index (κ3) is 7.40. The molecule has 0 heterocycles. The van der Waals surface area contributed by atoms with Gasteiger partial charge in [0.25, 0.3) is 0 Å². The van der Waals surface area contributed by atoms with Crippen LogP contribution in [0.15, 0.2) is 54.6 Å². The first-order chi connectivity index (χ1) is 18.0. The van der Waals surface area contributed by atoms with E-state index in [1.165, 1.54) is 39.2 Å². The number of hydrogen-bond donors (Lipinski definition) is 5. The Morgan fingerprint density at radius 3 is 2.44 bits per heavy atom. The number of anilines is 2. The summed E-state index contributed by atoms with van der Waals surface area (Å²) < 4.78 is 33.3. The quantitative estimate of drug-likeness (QED) is 0.136. The molecule has 0 saturated carbocycles. The van der Waals surface area contributed by atoms with Crippen LogP contribution < -0.4 is 20.1 Å². The third-order valence-electron chi connectivity index (χ3n) is 6.18. The molecule has 3 aromatic carbocycles. The highest BCUT2D eigenvalue weighted by Gasteiger charge is 2.20. The molecule has 1 aliphatic carbocycles. The van der Waals surface area contributed by atoms with E-state index in [0.717, 1.165) is 44.4 Å². The van der Waals surface area contributed by atoms with Crippen molar-refractivity contribution < 1.29 is 28.2 Å². The topological polar surface area (TPSA) is 140 Å². The Bertz CT molecular complexity index is 1450. The van der Waals surface area contributed by atoms with Crippen molar-refractivity contribution in [3.05, 3.63) is 71.3 Å². The zero-order chi connectivity index (χ0) is 27.4. The first-order valence-electron chi connectivity index (χ1n) is 12.1. The molecule has 0 saturated heterocycles. The maximum Gasteiger partial charge on any atom is 0.301 e. The Kier molecular flexibility index (Phi) is 9.81. The standard InChI is InChI=1S/C27H32N4O6S.ClH/c1-17(32)29-21-5-7-23-19(13-21)12-20-14-22(6-8-24(20)23)37-11-10-28-16-27(34)18-4-9-26(33)25(15-18)30-38(35,36)31(2)3;/h4-9,13-15,27-28,30,33-34H,10-12,16H2,1-3H3,(H,29,32);1H. The van der Waals surface area contributed by atoms with Crippen LogP contribution in [0.3, 0.4) is 0 Å². The zero-order valence-electron chi connectivity index (χ0n) is 21.9. The molecule has 0 spiro atoms. The minimum absolute atomic E-state index is 0. The van der Waals surface area contributed by atoms with E-state index < -0.39 is 16.3 Å². The van der Waals surface area contributed by atoms with E-state index in [9.17, 15) is 23.4 Å². The normalized spacial score (nSPS) is 12.7. The number of carbonyl (C=O) groups excluding carboxylic acids is 1. The van der Waals surface area contributed by atoms with Crippen molar-refractivity contribution in [3.63, 3.8) is 0 Å². The lowest BCUT2D eigenvalue weighted by Crippen LogP contribution is -2.29. The van der Waals surface area contributed by atoms with Crippen LogP contribution in [0.25, 0.3) is 11.1 Å². The van der Waals surface area contributed by atoms with Gasteiger partial charge in [-0.05, 0) is 70.6 Å². The summed E-state index contributed by atoms with van der Waals surface area (Å²) in [6.45, 7) is 2.56. The SMILES string of the molecule is CC(=O)Nc1ccc2c(c1)Cc1cc(OCCNCC(O)c3ccc(O)c(NS(=O)(=O)N(C)C)c3)ccc1-2.Cl. The first kappa shape index (κ1) is 30.2. The minimum atomic E-state index is -3.80. The van der Waals surface area contributed by atoms with Crippen LogP contribution in [0.4, 0.5) is 11.4 Å². The Morgan fingerprint density at radius 2 is 1.74 bits per heavy atom. The molecule has 1 amide bonds. The van der Waals surface area contributed by atoms with Crippen molar-refractivity contribution >= 4 is 39.9 Å². The number of aromatic hydroxyl groups is 1. The minimum Gasteiger partial charge on any atom is -0.506 e.